The second-order valence-corrected chi connectivity index (χ2v) is 9.71. The monoisotopic (exact) mass is 378 g/mol. The molecule has 5 heteroatoms. The first-order chi connectivity index (χ1) is 13.1. The lowest BCUT2D eigenvalue weighted by Crippen LogP contribution is -2.60. The number of rotatable bonds is 5. The molecule has 0 spiro atoms. The first-order valence-corrected chi connectivity index (χ1v) is 10.7. The van der Waals surface area contributed by atoms with Gasteiger partial charge in [-0.3, -0.25) is 9.97 Å². The van der Waals surface area contributed by atoms with Crippen LogP contribution in [0.1, 0.15) is 48.6 Å². The Hall–Kier alpha value is -1.69. The van der Waals surface area contributed by atoms with Gasteiger partial charge in [0.15, 0.2) is 0 Å². The molecule has 140 valence electrons. The lowest BCUT2D eigenvalue weighted by Gasteiger charge is -2.46. The van der Waals surface area contributed by atoms with Gasteiger partial charge in [-0.05, 0) is 73.6 Å². The van der Waals surface area contributed by atoms with Crippen molar-refractivity contribution in [3.8, 4) is 0 Å². The molecule has 2 fully saturated rings. The summed E-state index contributed by atoms with van der Waals surface area (Å²) in [5.41, 5.74) is 6.21. The van der Waals surface area contributed by atoms with Gasteiger partial charge in [0.1, 0.15) is 0 Å². The molecule has 1 aliphatic heterocycles. The van der Waals surface area contributed by atoms with E-state index in [0.717, 1.165) is 30.5 Å². The predicted octanol–water partition coefficient (Wildman–Crippen LogP) is 4.03. The van der Waals surface area contributed by atoms with Crippen LogP contribution in [-0.4, -0.2) is 38.7 Å². The zero-order valence-electron chi connectivity index (χ0n) is 16.0. The molecule has 1 saturated carbocycles. The number of pyridine rings is 2. The van der Waals surface area contributed by atoms with Gasteiger partial charge in [-0.15, -0.1) is 0 Å². The van der Waals surface area contributed by atoms with E-state index >= 15 is 0 Å². The summed E-state index contributed by atoms with van der Waals surface area (Å²) >= 11 is 2.06. The summed E-state index contributed by atoms with van der Waals surface area (Å²) in [6.07, 6.45) is 12.0. The van der Waals surface area contributed by atoms with Crippen LogP contribution in [0.3, 0.4) is 0 Å². The molecule has 0 radical (unpaired) electrons. The third-order valence-electron chi connectivity index (χ3n) is 5.78. The molecule has 1 atom stereocenters. The van der Waals surface area contributed by atoms with Crippen molar-refractivity contribution in [1.82, 2.24) is 19.6 Å². The van der Waals surface area contributed by atoms with Gasteiger partial charge >= 0.3 is 0 Å². The fraction of sp³-hybridized carbons (Fsp3) is 0.455. The van der Waals surface area contributed by atoms with Gasteiger partial charge in [-0.2, -0.15) is 0 Å². The Morgan fingerprint density at radius 1 is 1.22 bits per heavy atom. The van der Waals surface area contributed by atoms with Crippen LogP contribution in [-0.2, 0) is 5.54 Å². The van der Waals surface area contributed by atoms with Gasteiger partial charge in [0, 0.05) is 54.2 Å². The van der Waals surface area contributed by atoms with Crippen LogP contribution in [0, 0.1) is 6.92 Å². The molecule has 1 saturated heterocycles. The maximum Gasteiger partial charge on any atom is 0.0471 e. The molecule has 0 aromatic carbocycles. The van der Waals surface area contributed by atoms with E-state index in [4.69, 9.17) is 0 Å². The molecule has 27 heavy (non-hydrogen) atoms. The van der Waals surface area contributed by atoms with Gasteiger partial charge < -0.3 is 5.32 Å². The number of fused-ring (bicyclic) bond motifs is 1. The lowest BCUT2D eigenvalue weighted by molar-refractivity contribution is 0.190. The number of nitrogens with one attached hydrogen (secondary N) is 1. The van der Waals surface area contributed by atoms with Gasteiger partial charge in [0.25, 0.3) is 0 Å². The third kappa shape index (κ3) is 3.56. The Kier molecular flexibility index (Phi) is 4.34. The SMILES string of the molecule is Cc1cc(C2=Cc3ccncc3C(C)(NC3CN(SC4CC4)C3)C2)ccn1. The number of nitrogens with zero attached hydrogens (tertiary/aromatic N) is 3. The van der Waals surface area contributed by atoms with Crippen molar-refractivity contribution in [1.29, 1.82) is 0 Å². The number of aryl methyl sites for hydroxylation is 1. The third-order valence-corrected chi connectivity index (χ3v) is 7.15. The van der Waals surface area contributed by atoms with Gasteiger partial charge in [-0.1, -0.05) is 18.0 Å². The Morgan fingerprint density at radius 2 is 2.07 bits per heavy atom. The summed E-state index contributed by atoms with van der Waals surface area (Å²) in [6.45, 7) is 6.67. The Morgan fingerprint density at radius 3 is 2.85 bits per heavy atom. The summed E-state index contributed by atoms with van der Waals surface area (Å²) < 4.78 is 2.52. The number of hydrogen-bond donors (Lipinski definition) is 1. The van der Waals surface area contributed by atoms with Crippen LogP contribution in [0.4, 0.5) is 0 Å². The fourth-order valence-corrected chi connectivity index (χ4v) is 5.52. The molecule has 2 aromatic rings. The first-order valence-electron chi connectivity index (χ1n) is 9.87. The second kappa shape index (κ2) is 6.73. The maximum absolute atomic E-state index is 4.43. The van der Waals surface area contributed by atoms with E-state index in [9.17, 15) is 0 Å². The molecule has 0 amide bonds. The summed E-state index contributed by atoms with van der Waals surface area (Å²) in [7, 11) is 0. The highest BCUT2D eigenvalue weighted by atomic mass is 32.2. The molecule has 0 bridgehead atoms. The average Bonchev–Trinajstić information content (AvgIpc) is 3.44. The van der Waals surface area contributed by atoms with Crippen LogP contribution in [0.2, 0.25) is 0 Å². The molecule has 4 nitrogen and oxygen atoms in total. The van der Waals surface area contributed by atoms with Crippen LogP contribution < -0.4 is 5.32 Å². The first kappa shape index (κ1) is 17.4. The van der Waals surface area contributed by atoms with Crippen LogP contribution >= 0.6 is 11.9 Å². The Labute approximate surface area is 165 Å². The normalized spacial score (nSPS) is 25.6. The van der Waals surface area contributed by atoms with Crippen molar-refractivity contribution < 1.29 is 0 Å². The molecule has 3 heterocycles. The molecular weight excluding hydrogens is 352 g/mol. The molecular formula is C22H26N4S. The standard InChI is InChI=1S/C22H26N4S/c1-15-9-16(6-8-24-15)18-10-17-5-7-23-12-21(17)22(2,11-18)25-19-13-26(14-19)27-20-3-4-20/h5-10,12,19-20,25H,3-4,11,13-14H2,1-2H3. The smallest absolute Gasteiger partial charge is 0.0471 e. The zero-order chi connectivity index (χ0) is 18.4. The molecule has 2 aliphatic carbocycles. The van der Waals surface area contributed by atoms with Crippen molar-refractivity contribution in [2.75, 3.05) is 13.1 Å². The van der Waals surface area contributed by atoms with E-state index in [2.05, 4.69) is 69.7 Å². The molecule has 5 rings (SSSR count). The molecule has 3 aliphatic rings. The van der Waals surface area contributed by atoms with Gasteiger partial charge in [0.05, 0.1) is 0 Å². The zero-order valence-corrected chi connectivity index (χ0v) is 16.8. The van der Waals surface area contributed by atoms with E-state index in [1.54, 1.807) is 0 Å². The summed E-state index contributed by atoms with van der Waals surface area (Å²) in [4.78, 5) is 8.79. The van der Waals surface area contributed by atoms with E-state index in [-0.39, 0.29) is 5.54 Å². The van der Waals surface area contributed by atoms with Crippen molar-refractivity contribution in [3.63, 3.8) is 0 Å². The van der Waals surface area contributed by atoms with Crippen LogP contribution in [0.25, 0.3) is 11.6 Å². The molecule has 2 aromatic heterocycles. The lowest BCUT2D eigenvalue weighted by atomic mass is 9.76. The molecule has 1 N–H and O–H groups in total. The van der Waals surface area contributed by atoms with E-state index in [1.807, 2.05) is 18.6 Å². The minimum absolute atomic E-state index is 0.0914. The Balaban J connectivity index is 1.39. The van der Waals surface area contributed by atoms with E-state index < -0.39 is 0 Å². The van der Waals surface area contributed by atoms with Gasteiger partial charge in [-0.25, -0.2) is 4.31 Å². The van der Waals surface area contributed by atoms with Crippen molar-refractivity contribution in [3.05, 3.63) is 59.2 Å². The number of hydrogen-bond acceptors (Lipinski definition) is 5. The Bertz CT molecular complexity index is 885. The van der Waals surface area contributed by atoms with Crippen LogP contribution in [0.5, 0.6) is 0 Å². The highest BCUT2D eigenvalue weighted by Crippen LogP contribution is 2.42. The van der Waals surface area contributed by atoms with E-state index in [1.165, 1.54) is 35.1 Å². The van der Waals surface area contributed by atoms with Crippen molar-refractivity contribution in [2.45, 2.75) is 49.9 Å². The molecule has 1 unspecified atom stereocenters. The largest absolute Gasteiger partial charge is 0.302 e. The topological polar surface area (TPSA) is 41.1 Å². The van der Waals surface area contributed by atoms with Crippen molar-refractivity contribution >= 4 is 23.6 Å². The minimum Gasteiger partial charge on any atom is -0.302 e. The average molecular weight is 379 g/mol. The summed E-state index contributed by atoms with van der Waals surface area (Å²) in [5.74, 6) is 0. The van der Waals surface area contributed by atoms with Crippen molar-refractivity contribution in [2.24, 2.45) is 0 Å². The highest BCUT2D eigenvalue weighted by Gasteiger charge is 2.40. The van der Waals surface area contributed by atoms with Gasteiger partial charge in [0.2, 0.25) is 0 Å². The number of aromatic nitrogens is 2. The highest BCUT2D eigenvalue weighted by molar-refractivity contribution is 7.97. The predicted molar refractivity (Wildman–Crippen MR) is 112 cm³/mol. The fourth-order valence-electron chi connectivity index (χ4n) is 4.22. The van der Waals surface area contributed by atoms with E-state index in [0.29, 0.717) is 6.04 Å². The summed E-state index contributed by atoms with van der Waals surface area (Å²) in [6, 6.07) is 7.00. The van der Waals surface area contributed by atoms with Crippen LogP contribution in [0.15, 0.2) is 36.8 Å². The minimum atomic E-state index is -0.0914. The quantitative estimate of drug-likeness (QED) is 0.796. The maximum atomic E-state index is 4.43. The summed E-state index contributed by atoms with van der Waals surface area (Å²) in [5, 5.41) is 4.87. The second-order valence-electron chi connectivity index (χ2n) is 8.32.